The van der Waals surface area contributed by atoms with Crippen LogP contribution in [-0.4, -0.2) is 95.3 Å². The number of phenolic OH excluding ortho intramolecular Hbond substituents is 6. The van der Waals surface area contributed by atoms with Gasteiger partial charge in [-0.25, -0.2) is 9.79 Å². The standard InChI is InChI=1S/C58H43Cl2N7O17.ClH/c59-32-13-24-5-10-38(32)83-41-16-25-15-40(51(41)74)81-27-6-1-21(2-7-27)11-33-52(75)65-47(31-19-28(20-37(72)43(31)60)82-39-14-22(3-9-35(39)70)44(61)53(76)62-33)56(79)64-46(25)55(78)63-45-23-4-8-34(69)29(12-23)42-30(17-26(68)18-36(42)71)48-58(80)84-57(67-48)49(50(24)73)66-54(45)77;/h1-10,12-20,33,44-47,49-50,57,68-74H,11,61H2,(H,62,76)(H,63,78)(H,64,79)(H,65,75)(H,66,77);1H. The molecule has 27 heteroatoms. The van der Waals surface area contributed by atoms with Gasteiger partial charge in [0.15, 0.2) is 34.8 Å². The van der Waals surface area contributed by atoms with E-state index in [2.05, 4.69) is 37.3 Å². The van der Waals surface area contributed by atoms with E-state index in [9.17, 15) is 50.1 Å². The van der Waals surface area contributed by atoms with Gasteiger partial charge in [0.25, 0.3) is 5.91 Å². The van der Waals surface area contributed by atoms with E-state index in [0.717, 1.165) is 42.5 Å². The van der Waals surface area contributed by atoms with E-state index in [-0.39, 0.29) is 97.1 Å². The Morgan fingerprint density at radius 1 is 0.529 bits per heavy atom. The van der Waals surface area contributed by atoms with Crippen molar-refractivity contribution in [2.75, 3.05) is 0 Å². The van der Waals surface area contributed by atoms with E-state index in [4.69, 9.17) is 42.1 Å². The molecule has 19 bridgehead atoms. The number of ether oxygens (including phenoxy) is 4. The summed E-state index contributed by atoms with van der Waals surface area (Å²) in [4.78, 5) is 93.9. The molecule has 24 nitrogen and oxygen atoms in total. The van der Waals surface area contributed by atoms with Gasteiger partial charge in [-0.3, -0.25) is 24.0 Å². The van der Waals surface area contributed by atoms with Gasteiger partial charge in [-0.1, -0.05) is 47.5 Å². The maximum Gasteiger partial charge on any atom is 0.359 e. The van der Waals surface area contributed by atoms with Crippen LogP contribution in [0.5, 0.6) is 69.0 Å². The Kier molecular flexibility index (Phi) is 14.7. The van der Waals surface area contributed by atoms with E-state index in [1.54, 1.807) is 12.1 Å². The molecule has 0 saturated heterocycles. The number of amides is 5. The second kappa shape index (κ2) is 22.0. The van der Waals surface area contributed by atoms with Gasteiger partial charge in [-0.05, 0) is 101 Å². The number of aliphatic hydroxyl groups excluding tert-OH is 1. The molecule has 0 saturated carbocycles. The van der Waals surface area contributed by atoms with Crippen molar-refractivity contribution in [2.45, 2.75) is 55.0 Å². The summed E-state index contributed by atoms with van der Waals surface area (Å²) in [6, 6.07) is 13.3. The number of aromatic hydroxyl groups is 6. The fourth-order valence-corrected chi connectivity index (χ4v) is 10.9. The van der Waals surface area contributed by atoms with Crippen LogP contribution >= 0.6 is 23.2 Å². The molecule has 15 N–H and O–H groups in total. The quantitative estimate of drug-likeness (QED) is 0.0961. The van der Waals surface area contributed by atoms with Crippen LogP contribution < -0.4 is 58.9 Å². The van der Waals surface area contributed by atoms with Crippen molar-refractivity contribution in [2.24, 2.45) is 4.99 Å². The Hall–Kier alpha value is -9.98. The van der Waals surface area contributed by atoms with Crippen LogP contribution in [0.2, 0.25) is 10.0 Å². The second-order valence-corrected chi connectivity index (χ2v) is 20.9. The fraction of sp³-hybridized carbons (Fsp3) is 0.155. The molecule has 8 atom stereocenters. The number of quaternary nitrogens is 1. The highest BCUT2D eigenvalue weighted by Gasteiger charge is 2.44. The third-order valence-corrected chi connectivity index (χ3v) is 15.4. The first-order valence-electron chi connectivity index (χ1n) is 25.5. The molecule has 7 aromatic carbocycles. The summed E-state index contributed by atoms with van der Waals surface area (Å²) in [7, 11) is 0. The summed E-state index contributed by atoms with van der Waals surface area (Å²) < 4.78 is 24.2. The minimum Gasteiger partial charge on any atom is -1.00 e. The van der Waals surface area contributed by atoms with E-state index in [1.807, 2.05) is 0 Å². The van der Waals surface area contributed by atoms with Crippen LogP contribution in [0.4, 0.5) is 0 Å². The SMILES string of the molecule is [Cl-].[NH3+]C1C(=O)NC2Cc3ccc(cc3)Oc3cc4cc(c3O)Oc3ccc(cc3Cl)C(O)C3NC(=O)C(NC(=O)C4NC(=O)C(NC2=O)c2cc(cc(O)c2Cl)Oc2cc1ccc2O)c1ccc(O)c(c1)-c1c(O)cc(O)cc1C1=NC3OC1=O. The van der Waals surface area contributed by atoms with Crippen LogP contribution in [0.3, 0.4) is 0 Å². The van der Waals surface area contributed by atoms with Gasteiger partial charge in [-0.15, -0.1) is 0 Å². The number of nitrogens with zero attached hydrogens (tertiary/aromatic N) is 1. The van der Waals surface area contributed by atoms with Crippen molar-refractivity contribution < 1.29 is 102 Å². The van der Waals surface area contributed by atoms with E-state index in [1.165, 1.54) is 60.7 Å². The zero-order valence-corrected chi connectivity index (χ0v) is 45.6. The van der Waals surface area contributed by atoms with Gasteiger partial charge in [-0.2, -0.15) is 0 Å². The lowest BCUT2D eigenvalue weighted by molar-refractivity contribution is -0.409. The van der Waals surface area contributed by atoms with Crippen molar-refractivity contribution in [3.05, 3.63) is 164 Å². The number of hydrogen-bond donors (Lipinski definition) is 13. The van der Waals surface area contributed by atoms with Crippen LogP contribution in [0, 0.1) is 0 Å². The van der Waals surface area contributed by atoms with Gasteiger partial charge in [0.1, 0.15) is 76.6 Å². The molecule has 14 rings (SSSR count). The lowest BCUT2D eigenvalue weighted by Crippen LogP contribution is -3.00. The zero-order chi connectivity index (χ0) is 59.2. The number of rotatable bonds is 0. The van der Waals surface area contributed by atoms with Crippen molar-refractivity contribution in [3.8, 4) is 80.1 Å². The first-order valence-corrected chi connectivity index (χ1v) is 26.3. The minimum absolute atomic E-state index is 0. The number of benzene rings is 7. The molecule has 7 aliphatic rings. The number of carbonyl (C=O) groups excluding carboxylic acids is 6. The molecule has 85 heavy (non-hydrogen) atoms. The summed E-state index contributed by atoms with van der Waals surface area (Å²) in [5.74, 6) is -11.6. The molecule has 7 aromatic rings. The molecular weight excluding hydrogens is 1170 g/mol. The summed E-state index contributed by atoms with van der Waals surface area (Å²) >= 11 is 13.7. The third kappa shape index (κ3) is 10.5. The average molecular weight is 1220 g/mol. The van der Waals surface area contributed by atoms with Crippen LogP contribution in [0.1, 0.15) is 69.2 Å². The number of phenols is 6. The summed E-state index contributed by atoms with van der Waals surface area (Å²) in [5.41, 5.74) is 2.59. The normalized spacial score (nSPS) is 22.4. The van der Waals surface area contributed by atoms with E-state index < -0.39 is 135 Å². The smallest absolute Gasteiger partial charge is 0.359 e. The lowest BCUT2D eigenvalue weighted by atomic mass is 9.91. The number of hydrogen-bond acceptors (Lipinski definition) is 18. The van der Waals surface area contributed by atoms with Gasteiger partial charge < -0.3 is 99.4 Å². The number of carbonyl (C=O) groups is 6. The highest BCUT2D eigenvalue weighted by atomic mass is 35.5. The van der Waals surface area contributed by atoms with Crippen molar-refractivity contribution in [3.63, 3.8) is 0 Å². The topological polar surface area (TPSA) is 381 Å². The van der Waals surface area contributed by atoms with Crippen LogP contribution in [0.15, 0.2) is 120 Å². The predicted molar refractivity (Wildman–Crippen MR) is 292 cm³/mol. The second-order valence-electron chi connectivity index (χ2n) is 20.1. The molecule has 7 heterocycles. The van der Waals surface area contributed by atoms with E-state index in [0.29, 0.717) is 5.56 Å². The van der Waals surface area contributed by atoms with E-state index >= 15 is 14.4 Å². The van der Waals surface area contributed by atoms with Gasteiger partial charge in [0, 0.05) is 46.4 Å². The first-order chi connectivity index (χ1) is 40.2. The van der Waals surface area contributed by atoms with Crippen molar-refractivity contribution >= 4 is 64.4 Å². The summed E-state index contributed by atoms with van der Waals surface area (Å²) in [6.07, 6.45) is -3.89. The van der Waals surface area contributed by atoms with Gasteiger partial charge in [0.05, 0.1) is 10.0 Å². The molecule has 5 amide bonds. The Morgan fingerprint density at radius 3 is 1.91 bits per heavy atom. The Labute approximate surface area is 494 Å². The number of esters is 1. The predicted octanol–water partition coefficient (Wildman–Crippen LogP) is 1.70. The Morgan fingerprint density at radius 2 is 1.16 bits per heavy atom. The van der Waals surface area contributed by atoms with Gasteiger partial charge >= 0.3 is 5.97 Å². The zero-order valence-electron chi connectivity index (χ0n) is 43.3. The van der Waals surface area contributed by atoms with Crippen LogP contribution in [-0.2, 0) is 39.9 Å². The number of halogens is 3. The molecule has 8 unspecified atom stereocenters. The number of nitrogens with one attached hydrogen (secondary N) is 5. The minimum atomic E-state index is -2.11. The molecule has 7 aliphatic heterocycles. The molecular formula is C58H44Cl3N7O17. The maximum absolute atomic E-state index is 15.7. The Balaban J connectivity index is 0.00000752. The Bertz CT molecular complexity index is 4050. The highest BCUT2D eigenvalue weighted by molar-refractivity contribution is 6.45. The highest BCUT2D eigenvalue weighted by Crippen LogP contribution is 2.48. The lowest BCUT2D eigenvalue weighted by Gasteiger charge is -2.31. The van der Waals surface area contributed by atoms with Crippen LogP contribution in [0.25, 0.3) is 11.1 Å². The van der Waals surface area contributed by atoms with Crippen molar-refractivity contribution in [1.82, 2.24) is 26.6 Å². The molecule has 434 valence electrons. The number of aliphatic hydroxyl groups is 1. The monoisotopic (exact) mass is 1220 g/mol. The summed E-state index contributed by atoms with van der Waals surface area (Å²) in [6.45, 7) is 0. The van der Waals surface area contributed by atoms with Gasteiger partial charge in [0.2, 0.25) is 35.6 Å². The average Bonchev–Trinajstić information content (AvgIpc) is 2.97. The summed E-state index contributed by atoms with van der Waals surface area (Å²) in [5, 5.41) is 92.7. The molecule has 0 spiro atoms. The molecule has 0 aromatic heterocycles. The molecule has 0 radical (unpaired) electrons. The number of fused-ring (bicyclic) bond motifs is 16. The molecule has 0 aliphatic carbocycles. The third-order valence-electron chi connectivity index (χ3n) is 14.7. The first kappa shape index (κ1) is 56.9. The molecule has 0 fully saturated rings. The van der Waals surface area contributed by atoms with Crippen molar-refractivity contribution in [1.29, 1.82) is 0 Å². The maximum atomic E-state index is 15.7. The largest absolute Gasteiger partial charge is 1.00 e. The number of aliphatic imine (C=N–C) groups is 1. The fourth-order valence-electron chi connectivity index (χ4n) is 10.4.